The molecule has 1 atom stereocenters. The Hall–Kier alpha value is 0.610. The monoisotopic (exact) mass is 510 g/mol. The Labute approximate surface area is 235 Å². The molecule has 0 heterocycles. The van der Waals surface area contributed by atoms with Crippen LogP contribution in [0, 0.1) is 5.92 Å². The van der Waals surface area contributed by atoms with Crippen LogP contribution in [0.3, 0.4) is 0 Å². The van der Waals surface area contributed by atoms with Crippen molar-refractivity contribution in [2.45, 2.75) is 155 Å². The molecule has 0 aromatic rings. The third-order valence-corrected chi connectivity index (χ3v) is 6.91. The quantitative estimate of drug-likeness (QED) is 0.0453. The minimum absolute atomic E-state index is 0. The third-order valence-electron chi connectivity index (χ3n) is 6.49. The topological polar surface area (TPSA) is 66.4 Å². The molecule has 0 spiro atoms. The standard InChI is InChI=1S/C28H56O4S.Na/c1-3-5-7-9-11-13-14-15-16-17-18-20-22-24-26-28(27-32-33(29,30)31)25-23-21-19-12-10-8-6-4-2;/h24,26,28H,3-23,25,27H2,1-2H3,(H,29,30,31);/q;+1/p-1/b26-24+;. The molecule has 0 aliphatic carbocycles. The summed E-state index contributed by atoms with van der Waals surface area (Å²) in [5, 5.41) is 0. The van der Waals surface area contributed by atoms with Crippen molar-refractivity contribution in [2.75, 3.05) is 6.61 Å². The van der Waals surface area contributed by atoms with Crippen LogP contribution in [0.15, 0.2) is 12.2 Å². The van der Waals surface area contributed by atoms with Crippen LogP contribution in [-0.4, -0.2) is 19.6 Å². The zero-order valence-electron chi connectivity index (χ0n) is 23.0. The Kier molecular flexibility index (Phi) is 30.5. The molecule has 0 aromatic carbocycles. The van der Waals surface area contributed by atoms with E-state index in [2.05, 4.69) is 30.2 Å². The van der Waals surface area contributed by atoms with E-state index in [1.807, 2.05) is 0 Å². The van der Waals surface area contributed by atoms with E-state index in [0.29, 0.717) is 0 Å². The molecule has 0 aliphatic heterocycles. The second-order valence-corrected chi connectivity index (χ2v) is 10.9. The van der Waals surface area contributed by atoms with E-state index in [1.54, 1.807) is 0 Å². The Morgan fingerprint density at radius 1 is 0.647 bits per heavy atom. The fourth-order valence-electron chi connectivity index (χ4n) is 4.34. The molecule has 4 nitrogen and oxygen atoms in total. The van der Waals surface area contributed by atoms with Crippen molar-refractivity contribution in [2.24, 2.45) is 5.92 Å². The summed E-state index contributed by atoms with van der Waals surface area (Å²) < 4.78 is 37.1. The van der Waals surface area contributed by atoms with E-state index < -0.39 is 10.4 Å². The SMILES string of the molecule is CCCCCCCCCCCCCC/C=C/C(CCCCCCCCCC)COS(=O)(=O)[O-].[Na+]. The average Bonchev–Trinajstić information content (AvgIpc) is 2.78. The van der Waals surface area contributed by atoms with E-state index in [4.69, 9.17) is 0 Å². The third kappa shape index (κ3) is 30.6. The summed E-state index contributed by atoms with van der Waals surface area (Å²) in [6, 6.07) is 0. The first kappa shape index (κ1) is 36.8. The summed E-state index contributed by atoms with van der Waals surface area (Å²) in [5.41, 5.74) is 0. The van der Waals surface area contributed by atoms with Crippen molar-refractivity contribution >= 4 is 10.4 Å². The molecule has 0 amide bonds. The zero-order chi connectivity index (χ0) is 24.5. The van der Waals surface area contributed by atoms with Gasteiger partial charge in [0.1, 0.15) is 0 Å². The number of hydrogen-bond donors (Lipinski definition) is 0. The molecule has 0 bridgehead atoms. The van der Waals surface area contributed by atoms with Gasteiger partial charge >= 0.3 is 29.6 Å². The average molecular weight is 511 g/mol. The Bertz CT molecular complexity index is 522. The molecule has 0 N–H and O–H groups in total. The molecule has 0 rings (SSSR count). The van der Waals surface area contributed by atoms with Crippen LogP contribution in [0.1, 0.15) is 155 Å². The molecule has 0 aromatic heterocycles. The van der Waals surface area contributed by atoms with Crippen LogP contribution < -0.4 is 29.6 Å². The van der Waals surface area contributed by atoms with Crippen LogP contribution in [0.5, 0.6) is 0 Å². The maximum absolute atomic E-state index is 10.8. The van der Waals surface area contributed by atoms with Gasteiger partial charge < -0.3 is 4.55 Å². The van der Waals surface area contributed by atoms with E-state index in [9.17, 15) is 13.0 Å². The minimum atomic E-state index is -4.61. The summed E-state index contributed by atoms with van der Waals surface area (Å²) in [4.78, 5) is 0. The molecular formula is C28H55NaO4S. The van der Waals surface area contributed by atoms with Crippen molar-refractivity contribution in [3.8, 4) is 0 Å². The fourth-order valence-corrected chi connectivity index (χ4v) is 4.68. The predicted molar refractivity (Wildman–Crippen MR) is 141 cm³/mol. The van der Waals surface area contributed by atoms with Crippen LogP contribution >= 0.6 is 0 Å². The van der Waals surface area contributed by atoms with Crippen molar-refractivity contribution in [3.63, 3.8) is 0 Å². The van der Waals surface area contributed by atoms with Gasteiger partial charge in [0.2, 0.25) is 10.4 Å². The Morgan fingerprint density at radius 2 is 1.03 bits per heavy atom. The molecule has 0 saturated carbocycles. The number of rotatable bonds is 26. The van der Waals surface area contributed by atoms with E-state index in [1.165, 1.54) is 122 Å². The molecule has 1 unspecified atom stereocenters. The van der Waals surface area contributed by atoms with Gasteiger partial charge in [0.25, 0.3) is 0 Å². The summed E-state index contributed by atoms with van der Waals surface area (Å²) in [6.07, 6.45) is 32.3. The van der Waals surface area contributed by atoms with Gasteiger partial charge in [-0.05, 0) is 19.3 Å². The van der Waals surface area contributed by atoms with Crippen molar-refractivity contribution in [3.05, 3.63) is 12.2 Å². The minimum Gasteiger partial charge on any atom is -0.726 e. The number of unbranched alkanes of at least 4 members (excludes halogenated alkanes) is 19. The summed E-state index contributed by atoms with van der Waals surface area (Å²) >= 11 is 0. The largest absolute Gasteiger partial charge is 1.00 e. The number of hydrogen-bond acceptors (Lipinski definition) is 4. The molecule has 0 aliphatic rings. The van der Waals surface area contributed by atoms with Gasteiger partial charge in [-0.1, -0.05) is 148 Å². The van der Waals surface area contributed by atoms with Gasteiger partial charge in [0, 0.05) is 5.92 Å². The maximum Gasteiger partial charge on any atom is 1.00 e. The first-order valence-corrected chi connectivity index (χ1v) is 15.6. The molecule has 0 fully saturated rings. The Balaban J connectivity index is 0. The fraction of sp³-hybridized carbons (Fsp3) is 0.929. The predicted octanol–water partition coefficient (Wildman–Crippen LogP) is 6.26. The van der Waals surface area contributed by atoms with E-state index >= 15 is 0 Å². The van der Waals surface area contributed by atoms with Gasteiger partial charge in [-0.2, -0.15) is 0 Å². The maximum atomic E-state index is 10.8. The van der Waals surface area contributed by atoms with Crippen molar-refractivity contribution < 1.29 is 46.7 Å². The Morgan fingerprint density at radius 3 is 1.44 bits per heavy atom. The van der Waals surface area contributed by atoms with Gasteiger partial charge in [-0.25, -0.2) is 8.42 Å². The van der Waals surface area contributed by atoms with E-state index in [0.717, 1.165) is 19.3 Å². The van der Waals surface area contributed by atoms with Crippen LogP contribution in [0.2, 0.25) is 0 Å². The van der Waals surface area contributed by atoms with Crippen LogP contribution in [0.4, 0.5) is 0 Å². The summed E-state index contributed by atoms with van der Waals surface area (Å²) in [6.45, 7) is 4.48. The first-order chi connectivity index (χ1) is 16.0. The first-order valence-electron chi connectivity index (χ1n) is 14.3. The van der Waals surface area contributed by atoms with Gasteiger partial charge in [0.05, 0.1) is 6.61 Å². The normalized spacial score (nSPS) is 12.8. The second kappa shape index (κ2) is 28.2. The molecular weight excluding hydrogens is 455 g/mol. The van der Waals surface area contributed by atoms with Crippen molar-refractivity contribution in [1.29, 1.82) is 0 Å². The number of allylic oxidation sites excluding steroid dienone is 1. The molecule has 198 valence electrons. The molecule has 0 saturated heterocycles. The molecule has 34 heavy (non-hydrogen) atoms. The smallest absolute Gasteiger partial charge is 0.726 e. The van der Waals surface area contributed by atoms with Gasteiger partial charge in [-0.3, -0.25) is 4.18 Å². The van der Waals surface area contributed by atoms with E-state index in [-0.39, 0.29) is 42.1 Å². The van der Waals surface area contributed by atoms with Crippen LogP contribution in [-0.2, 0) is 14.6 Å². The van der Waals surface area contributed by atoms with Crippen LogP contribution in [0.25, 0.3) is 0 Å². The van der Waals surface area contributed by atoms with Gasteiger partial charge in [0.15, 0.2) is 0 Å². The van der Waals surface area contributed by atoms with Crippen molar-refractivity contribution in [1.82, 2.24) is 0 Å². The molecule has 6 heteroatoms. The zero-order valence-corrected chi connectivity index (χ0v) is 25.9. The second-order valence-electron chi connectivity index (χ2n) is 9.82. The molecule has 0 radical (unpaired) electrons. The summed E-state index contributed by atoms with van der Waals surface area (Å²) in [7, 11) is -4.61. The summed E-state index contributed by atoms with van der Waals surface area (Å²) in [5.74, 6) is 0.0196. The van der Waals surface area contributed by atoms with Gasteiger partial charge in [-0.15, -0.1) is 0 Å².